The molecule has 52 heavy (non-hydrogen) atoms. The van der Waals surface area contributed by atoms with Gasteiger partial charge >= 0.3 is 0 Å². The summed E-state index contributed by atoms with van der Waals surface area (Å²) in [5.74, 6) is 1.84. The monoisotopic (exact) mass is 664 g/mol. The second-order valence-corrected chi connectivity index (χ2v) is 13.2. The van der Waals surface area contributed by atoms with Gasteiger partial charge in [-0.2, -0.15) is 0 Å². The molecule has 0 N–H and O–H groups in total. The minimum absolute atomic E-state index is 0.597. The summed E-state index contributed by atoms with van der Waals surface area (Å²) in [5.41, 5.74) is 7.76. The van der Waals surface area contributed by atoms with Gasteiger partial charge in [-0.25, -0.2) is 15.0 Å². The fourth-order valence-electron chi connectivity index (χ4n) is 7.86. The summed E-state index contributed by atoms with van der Waals surface area (Å²) in [4.78, 5) is 15.3. The van der Waals surface area contributed by atoms with Crippen LogP contribution in [0.2, 0.25) is 0 Å². The van der Waals surface area contributed by atoms with Crippen molar-refractivity contribution in [1.82, 2.24) is 19.5 Å². The van der Waals surface area contributed by atoms with E-state index >= 15 is 0 Å². The SMILES string of the molecule is c1ccc(-c2nc(-c3ccccc3)nc(-c3cc4ccccc4c4oc5ccc(-n6c7ccccc7c7c8ccccc8ccc76)cc5c34)n2)cc1. The molecule has 0 aliphatic heterocycles. The first-order chi connectivity index (χ1) is 25.8. The summed E-state index contributed by atoms with van der Waals surface area (Å²) >= 11 is 0. The standard InChI is InChI=1S/C47H28N4O/c1-3-14-30(15-4-1)45-48-46(31-16-5-2-6-17-31)50-47(49-45)38-27-32-18-8-10-20-35(32)44-43(38)37-28-33(24-26-41(37)52-44)51-39-22-12-11-21-36(39)42-34-19-9-7-13-29(34)23-25-40(42)51/h1-28H. The fraction of sp³-hybridized carbons (Fsp3) is 0. The van der Waals surface area contributed by atoms with Crippen LogP contribution in [-0.2, 0) is 0 Å². The molecule has 0 spiro atoms. The number of fused-ring (bicyclic) bond motifs is 10. The summed E-state index contributed by atoms with van der Waals surface area (Å²) in [6.45, 7) is 0. The Morgan fingerprint density at radius 1 is 0.404 bits per heavy atom. The predicted molar refractivity (Wildman–Crippen MR) is 213 cm³/mol. The van der Waals surface area contributed by atoms with E-state index in [0.717, 1.165) is 66.1 Å². The van der Waals surface area contributed by atoms with Gasteiger partial charge in [-0.15, -0.1) is 0 Å². The van der Waals surface area contributed by atoms with Gasteiger partial charge in [0.15, 0.2) is 17.5 Å². The van der Waals surface area contributed by atoms with E-state index in [-0.39, 0.29) is 0 Å². The average molecular weight is 665 g/mol. The molecule has 0 aliphatic rings. The predicted octanol–water partition coefficient (Wildman–Crippen LogP) is 12.2. The van der Waals surface area contributed by atoms with Crippen LogP contribution in [-0.4, -0.2) is 19.5 Å². The molecule has 0 saturated heterocycles. The Kier molecular flexibility index (Phi) is 6.18. The molecule has 0 atom stereocenters. The molecule has 11 aromatic rings. The maximum atomic E-state index is 6.78. The Morgan fingerprint density at radius 2 is 1.02 bits per heavy atom. The van der Waals surface area contributed by atoms with Crippen molar-refractivity contribution in [2.75, 3.05) is 0 Å². The van der Waals surface area contributed by atoms with Gasteiger partial charge < -0.3 is 8.98 Å². The first-order valence-electron chi connectivity index (χ1n) is 17.5. The van der Waals surface area contributed by atoms with Crippen LogP contribution in [0.5, 0.6) is 0 Å². The molecule has 0 fully saturated rings. The van der Waals surface area contributed by atoms with Crippen molar-refractivity contribution in [2.45, 2.75) is 0 Å². The Bertz CT molecular complexity index is 3120. The number of benzene rings is 8. The summed E-state index contributed by atoms with van der Waals surface area (Å²) in [6.07, 6.45) is 0. The van der Waals surface area contributed by atoms with Gasteiger partial charge in [-0.05, 0) is 52.6 Å². The number of hydrogen-bond acceptors (Lipinski definition) is 4. The zero-order chi connectivity index (χ0) is 34.2. The van der Waals surface area contributed by atoms with E-state index in [0.29, 0.717) is 17.5 Å². The Hall–Kier alpha value is -7.11. The molecule has 0 aliphatic carbocycles. The first kappa shape index (κ1) is 28.7. The van der Waals surface area contributed by atoms with Crippen LogP contribution < -0.4 is 0 Å². The van der Waals surface area contributed by atoms with Crippen LogP contribution in [0.4, 0.5) is 0 Å². The normalized spacial score (nSPS) is 11.8. The number of rotatable bonds is 4. The minimum atomic E-state index is 0.597. The fourth-order valence-corrected chi connectivity index (χ4v) is 7.86. The lowest BCUT2D eigenvalue weighted by molar-refractivity contribution is 0.672. The summed E-state index contributed by atoms with van der Waals surface area (Å²) in [7, 11) is 0. The van der Waals surface area contributed by atoms with Gasteiger partial charge in [0.05, 0.1) is 11.0 Å². The summed E-state index contributed by atoms with van der Waals surface area (Å²) in [5, 5.41) is 9.04. The van der Waals surface area contributed by atoms with Crippen molar-refractivity contribution in [2.24, 2.45) is 0 Å². The van der Waals surface area contributed by atoms with Crippen molar-refractivity contribution in [1.29, 1.82) is 0 Å². The van der Waals surface area contributed by atoms with Crippen LogP contribution in [0.1, 0.15) is 0 Å². The Labute approximate surface area is 298 Å². The number of nitrogens with zero attached hydrogens (tertiary/aromatic N) is 4. The highest BCUT2D eigenvalue weighted by molar-refractivity contribution is 6.23. The van der Waals surface area contributed by atoms with Crippen molar-refractivity contribution in [3.63, 3.8) is 0 Å². The molecular formula is C47H28N4O. The molecule has 11 rings (SSSR count). The second-order valence-electron chi connectivity index (χ2n) is 13.2. The van der Waals surface area contributed by atoms with Crippen LogP contribution >= 0.6 is 0 Å². The van der Waals surface area contributed by atoms with E-state index in [1.807, 2.05) is 60.7 Å². The Balaban J connectivity index is 1.23. The second kappa shape index (κ2) is 11.2. The third-order valence-electron chi connectivity index (χ3n) is 10.2. The average Bonchev–Trinajstić information content (AvgIpc) is 3.77. The quantitative estimate of drug-likeness (QED) is 0.188. The molecule has 0 bridgehead atoms. The highest BCUT2D eigenvalue weighted by Crippen LogP contribution is 2.43. The van der Waals surface area contributed by atoms with Gasteiger partial charge in [0.1, 0.15) is 11.2 Å². The molecule has 5 heteroatoms. The number of hydrogen-bond donors (Lipinski definition) is 0. The molecule has 0 radical (unpaired) electrons. The highest BCUT2D eigenvalue weighted by Gasteiger charge is 2.22. The molecule has 8 aromatic carbocycles. The third-order valence-corrected chi connectivity index (χ3v) is 10.2. The van der Waals surface area contributed by atoms with Crippen molar-refractivity contribution in [3.05, 3.63) is 170 Å². The van der Waals surface area contributed by atoms with Gasteiger partial charge in [-0.3, -0.25) is 0 Å². The van der Waals surface area contributed by atoms with E-state index in [2.05, 4.69) is 114 Å². The zero-order valence-corrected chi connectivity index (χ0v) is 27.9. The van der Waals surface area contributed by atoms with Crippen LogP contribution in [0.25, 0.3) is 105 Å². The first-order valence-corrected chi connectivity index (χ1v) is 17.5. The lowest BCUT2D eigenvalue weighted by atomic mass is 9.99. The molecule has 3 aromatic heterocycles. The van der Waals surface area contributed by atoms with Gasteiger partial charge in [0.25, 0.3) is 0 Å². The van der Waals surface area contributed by atoms with Crippen molar-refractivity contribution in [3.8, 4) is 39.9 Å². The topological polar surface area (TPSA) is 56.7 Å². The maximum Gasteiger partial charge on any atom is 0.164 e. The number of furan rings is 1. The van der Waals surface area contributed by atoms with Crippen molar-refractivity contribution < 1.29 is 4.42 Å². The van der Waals surface area contributed by atoms with Crippen LogP contribution in [0.3, 0.4) is 0 Å². The van der Waals surface area contributed by atoms with E-state index < -0.39 is 0 Å². The molecular weight excluding hydrogens is 637 g/mol. The number of aromatic nitrogens is 4. The third kappa shape index (κ3) is 4.33. The molecule has 0 amide bonds. The van der Waals surface area contributed by atoms with Crippen LogP contribution in [0, 0.1) is 0 Å². The summed E-state index contributed by atoms with van der Waals surface area (Å²) in [6, 6.07) is 59.1. The van der Waals surface area contributed by atoms with Gasteiger partial charge in [-0.1, -0.05) is 133 Å². The van der Waals surface area contributed by atoms with E-state index in [1.54, 1.807) is 0 Å². The maximum absolute atomic E-state index is 6.78. The smallest absolute Gasteiger partial charge is 0.164 e. The van der Waals surface area contributed by atoms with E-state index in [4.69, 9.17) is 19.4 Å². The number of para-hydroxylation sites is 1. The Morgan fingerprint density at radius 3 is 1.77 bits per heavy atom. The van der Waals surface area contributed by atoms with E-state index in [9.17, 15) is 0 Å². The zero-order valence-electron chi connectivity index (χ0n) is 27.9. The van der Waals surface area contributed by atoms with E-state index in [1.165, 1.54) is 21.5 Å². The largest absolute Gasteiger partial charge is 0.455 e. The van der Waals surface area contributed by atoms with Gasteiger partial charge in [0, 0.05) is 49.3 Å². The minimum Gasteiger partial charge on any atom is -0.455 e. The van der Waals surface area contributed by atoms with Gasteiger partial charge in [0.2, 0.25) is 0 Å². The highest BCUT2D eigenvalue weighted by atomic mass is 16.3. The lowest BCUT2D eigenvalue weighted by Gasteiger charge is -2.11. The van der Waals surface area contributed by atoms with Crippen molar-refractivity contribution >= 4 is 65.3 Å². The van der Waals surface area contributed by atoms with Crippen LogP contribution in [0.15, 0.2) is 174 Å². The molecule has 0 unspecified atom stereocenters. The lowest BCUT2D eigenvalue weighted by Crippen LogP contribution is -2.00. The molecule has 242 valence electrons. The molecule has 0 saturated carbocycles. The molecule has 3 heterocycles. The molecule has 5 nitrogen and oxygen atoms in total. The summed E-state index contributed by atoms with van der Waals surface area (Å²) < 4.78 is 9.16.